The summed E-state index contributed by atoms with van der Waals surface area (Å²) >= 11 is 0. The van der Waals surface area contributed by atoms with Crippen molar-refractivity contribution in [2.24, 2.45) is 7.05 Å². The summed E-state index contributed by atoms with van der Waals surface area (Å²) in [6, 6.07) is 13.6. The van der Waals surface area contributed by atoms with Gasteiger partial charge in [0.15, 0.2) is 5.65 Å². The molecule has 128 valence electrons. The van der Waals surface area contributed by atoms with Crippen molar-refractivity contribution in [3.63, 3.8) is 0 Å². The molecule has 4 rings (SSSR count). The van der Waals surface area contributed by atoms with E-state index >= 15 is 0 Å². The predicted molar refractivity (Wildman–Crippen MR) is 99.9 cm³/mol. The van der Waals surface area contributed by atoms with Crippen molar-refractivity contribution in [2.75, 3.05) is 5.32 Å². The van der Waals surface area contributed by atoms with E-state index in [1.807, 2.05) is 43.4 Å². The Labute approximate surface area is 150 Å². The highest BCUT2D eigenvalue weighted by molar-refractivity contribution is 6.05. The molecule has 0 aliphatic heterocycles. The third-order valence-electron chi connectivity index (χ3n) is 4.20. The Morgan fingerprint density at radius 2 is 1.77 bits per heavy atom. The number of carbonyl (C=O) groups excluding carboxylic acids is 1. The van der Waals surface area contributed by atoms with Crippen LogP contribution in [0.3, 0.4) is 0 Å². The van der Waals surface area contributed by atoms with Crippen LogP contribution in [0.1, 0.15) is 21.5 Å². The summed E-state index contributed by atoms with van der Waals surface area (Å²) in [7, 11) is 1.82. The van der Waals surface area contributed by atoms with Crippen molar-refractivity contribution in [3.8, 4) is 0 Å². The quantitative estimate of drug-likeness (QED) is 0.617. The summed E-state index contributed by atoms with van der Waals surface area (Å²) in [4.78, 5) is 20.8. The minimum Gasteiger partial charge on any atom is -0.322 e. The van der Waals surface area contributed by atoms with E-state index in [-0.39, 0.29) is 5.91 Å². The Morgan fingerprint density at radius 1 is 1.04 bits per heavy atom. The molecule has 0 fully saturated rings. The van der Waals surface area contributed by atoms with Gasteiger partial charge in [-0.25, -0.2) is 4.98 Å². The second-order valence-electron chi connectivity index (χ2n) is 6.09. The monoisotopic (exact) mass is 343 g/mol. The van der Waals surface area contributed by atoms with Gasteiger partial charge in [0.25, 0.3) is 5.91 Å². The normalized spacial score (nSPS) is 10.8. The Balaban J connectivity index is 1.46. The standard InChI is InChI=1S/C20H17N5O/c1-25-19-16(13-23-25)11-17(12-22-19)20(26)24-18-4-2-14(3-5-18)10-15-6-8-21-9-7-15/h2-9,11-13H,10H2,1H3,(H,24,26). The first kappa shape index (κ1) is 16.0. The fraction of sp³-hybridized carbons (Fsp3) is 0.100. The Kier molecular flexibility index (Phi) is 4.15. The van der Waals surface area contributed by atoms with Crippen LogP contribution in [-0.4, -0.2) is 25.7 Å². The maximum Gasteiger partial charge on any atom is 0.257 e. The number of anilines is 1. The van der Waals surface area contributed by atoms with Crippen LogP contribution in [0.2, 0.25) is 0 Å². The summed E-state index contributed by atoms with van der Waals surface area (Å²) in [5.74, 6) is -0.190. The molecule has 4 aromatic rings. The van der Waals surface area contributed by atoms with Gasteiger partial charge in [-0.15, -0.1) is 0 Å². The average molecular weight is 343 g/mol. The number of rotatable bonds is 4. The second kappa shape index (κ2) is 6.76. The Bertz CT molecular complexity index is 1050. The molecule has 0 spiro atoms. The lowest BCUT2D eigenvalue weighted by molar-refractivity contribution is 0.102. The molecule has 0 aliphatic rings. The number of fused-ring (bicyclic) bond motifs is 1. The molecule has 26 heavy (non-hydrogen) atoms. The Morgan fingerprint density at radius 3 is 2.54 bits per heavy atom. The van der Waals surface area contributed by atoms with Gasteiger partial charge in [-0.1, -0.05) is 12.1 Å². The zero-order valence-corrected chi connectivity index (χ0v) is 14.3. The number of aromatic nitrogens is 4. The van der Waals surface area contributed by atoms with Crippen LogP contribution in [0.5, 0.6) is 0 Å². The molecule has 6 heteroatoms. The van der Waals surface area contributed by atoms with Crippen LogP contribution in [-0.2, 0) is 13.5 Å². The molecule has 1 N–H and O–H groups in total. The maximum atomic E-state index is 12.5. The number of nitrogens with zero attached hydrogens (tertiary/aromatic N) is 4. The first-order valence-corrected chi connectivity index (χ1v) is 8.26. The number of benzene rings is 1. The third kappa shape index (κ3) is 3.30. The lowest BCUT2D eigenvalue weighted by Crippen LogP contribution is -2.12. The smallest absolute Gasteiger partial charge is 0.257 e. The van der Waals surface area contributed by atoms with Crippen LogP contribution in [0.15, 0.2) is 67.3 Å². The lowest BCUT2D eigenvalue weighted by atomic mass is 10.1. The molecule has 0 unspecified atom stereocenters. The van der Waals surface area contributed by atoms with Crippen LogP contribution < -0.4 is 5.32 Å². The van der Waals surface area contributed by atoms with E-state index in [2.05, 4.69) is 20.4 Å². The van der Waals surface area contributed by atoms with Crippen LogP contribution in [0.4, 0.5) is 5.69 Å². The lowest BCUT2D eigenvalue weighted by Gasteiger charge is -2.07. The van der Waals surface area contributed by atoms with Crippen LogP contribution in [0, 0.1) is 0 Å². The van der Waals surface area contributed by atoms with Gasteiger partial charge in [0, 0.05) is 36.7 Å². The van der Waals surface area contributed by atoms with Gasteiger partial charge < -0.3 is 5.32 Å². The van der Waals surface area contributed by atoms with Gasteiger partial charge in [0.2, 0.25) is 0 Å². The minimum absolute atomic E-state index is 0.190. The average Bonchev–Trinajstić information content (AvgIpc) is 3.04. The summed E-state index contributed by atoms with van der Waals surface area (Å²) in [6.07, 6.45) is 7.68. The number of hydrogen-bond donors (Lipinski definition) is 1. The van der Waals surface area contributed by atoms with Gasteiger partial charge in [-0.05, 0) is 47.9 Å². The zero-order valence-electron chi connectivity index (χ0n) is 14.3. The summed E-state index contributed by atoms with van der Waals surface area (Å²) in [5, 5.41) is 7.89. The zero-order chi connectivity index (χ0) is 17.9. The molecule has 3 aromatic heterocycles. The molecule has 3 heterocycles. The van der Waals surface area contributed by atoms with Crippen molar-refractivity contribution in [2.45, 2.75) is 6.42 Å². The number of nitrogens with one attached hydrogen (secondary N) is 1. The van der Waals surface area contributed by atoms with Gasteiger partial charge in [-0.2, -0.15) is 5.10 Å². The maximum absolute atomic E-state index is 12.5. The number of hydrogen-bond acceptors (Lipinski definition) is 4. The number of pyridine rings is 2. The number of amides is 1. The second-order valence-corrected chi connectivity index (χ2v) is 6.09. The van der Waals surface area contributed by atoms with E-state index in [0.717, 1.165) is 23.1 Å². The summed E-state index contributed by atoms with van der Waals surface area (Å²) in [6.45, 7) is 0. The molecule has 0 saturated heterocycles. The van der Waals surface area contributed by atoms with Crippen LogP contribution in [0.25, 0.3) is 11.0 Å². The predicted octanol–water partition coefficient (Wildman–Crippen LogP) is 3.21. The number of carbonyl (C=O) groups is 1. The highest BCUT2D eigenvalue weighted by Crippen LogP contribution is 2.16. The van der Waals surface area contributed by atoms with Crippen molar-refractivity contribution in [1.82, 2.24) is 19.7 Å². The molecule has 0 bridgehead atoms. The van der Waals surface area contributed by atoms with Crippen molar-refractivity contribution in [1.29, 1.82) is 0 Å². The van der Waals surface area contributed by atoms with Crippen molar-refractivity contribution in [3.05, 3.63) is 83.9 Å². The molecule has 0 atom stereocenters. The van der Waals surface area contributed by atoms with Crippen molar-refractivity contribution >= 4 is 22.6 Å². The van der Waals surface area contributed by atoms with Crippen LogP contribution >= 0.6 is 0 Å². The first-order chi connectivity index (χ1) is 12.7. The van der Waals surface area contributed by atoms with E-state index in [9.17, 15) is 4.79 Å². The molecule has 0 aliphatic carbocycles. The molecule has 1 amide bonds. The molecule has 0 radical (unpaired) electrons. The van der Waals surface area contributed by atoms with E-state index in [1.54, 1.807) is 35.5 Å². The fourth-order valence-electron chi connectivity index (χ4n) is 2.81. The van der Waals surface area contributed by atoms with Gasteiger partial charge in [0.1, 0.15) is 0 Å². The third-order valence-corrected chi connectivity index (χ3v) is 4.20. The summed E-state index contributed by atoms with van der Waals surface area (Å²) in [5.41, 5.74) is 4.38. The van der Waals surface area contributed by atoms with Gasteiger partial charge in [0.05, 0.1) is 11.8 Å². The highest BCUT2D eigenvalue weighted by atomic mass is 16.1. The largest absolute Gasteiger partial charge is 0.322 e. The number of aryl methyl sites for hydroxylation is 1. The van der Waals surface area contributed by atoms with Crippen molar-refractivity contribution < 1.29 is 4.79 Å². The van der Waals surface area contributed by atoms with E-state index in [4.69, 9.17) is 0 Å². The first-order valence-electron chi connectivity index (χ1n) is 8.26. The van der Waals surface area contributed by atoms with E-state index in [1.165, 1.54) is 11.1 Å². The minimum atomic E-state index is -0.190. The highest BCUT2D eigenvalue weighted by Gasteiger charge is 2.10. The fourth-order valence-corrected chi connectivity index (χ4v) is 2.81. The molecule has 0 saturated carbocycles. The molecule has 1 aromatic carbocycles. The summed E-state index contributed by atoms with van der Waals surface area (Å²) < 4.78 is 1.68. The SMILES string of the molecule is Cn1ncc2cc(C(=O)Nc3ccc(Cc4ccncc4)cc3)cnc21. The topological polar surface area (TPSA) is 72.7 Å². The molecule has 6 nitrogen and oxygen atoms in total. The molecular weight excluding hydrogens is 326 g/mol. The Hall–Kier alpha value is -3.54. The van der Waals surface area contributed by atoms with E-state index in [0.29, 0.717) is 5.56 Å². The van der Waals surface area contributed by atoms with E-state index < -0.39 is 0 Å². The molecular formula is C20H17N5O. The van der Waals surface area contributed by atoms with Gasteiger partial charge in [-0.3, -0.25) is 14.5 Å². The van der Waals surface area contributed by atoms with Gasteiger partial charge >= 0.3 is 0 Å².